The van der Waals surface area contributed by atoms with E-state index in [4.69, 9.17) is 0 Å². The first-order valence-electron chi connectivity index (χ1n) is 6.92. The fourth-order valence-corrected chi connectivity index (χ4v) is 3.48. The minimum atomic E-state index is -3.81. The number of fused-ring (bicyclic) bond motifs is 1. The molecule has 0 fully saturated rings. The molecule has 0 bridgehead atoms. The van der Waals surface area contributed by atoms with Gasteiger partial charge in [0.2, 0.25) is 5.91 Å². The molecule has 3 rings (SSSR count). The maximum atomic E-state index is 12.4. The number of carbonyl (C=O) groups excluding carboxylic acids is 2. The van der Waals surface area contributed by atoms with Crippen LogP contribution in [0.2, 0.25) is 0 Å². The molecule has 0 unspecified atom stereocenters. The zero-order valence-corrected chi connectivity index (χ0v) is 13.1. The molecule has 6 nitrogen and oxygen atoms in total. The monoisotopic (exact) mass is 330 g/mol. The smallest absolute Gasteiger partial charge is 0.261 e. The van der Waals surface area contributed by atoms with Gasteiger partial charge in [0.05, 0.1) is 11.3 Å². The number of Topliss-reactive ketones (excluding diaryl/α,β-unsaturated/α-hetero) is 1. The summed E-state index contributed by atoms with van der Waals surface area (Å²) in [4.78, 5) is 22.7. The summed E-state index contributed by atoms with van der Waals surface area (Å²) in [5.41, 5.74) is 2.13. The molecule has 2 aromatic rings. The van der Waals surface area contributed by atoms with Gasteiger partial charge in [0, 0.05) is 16.9 Å². The molecule has 1 aliphatic heterocycles. The second-order valence-corrected chi connectivity index (χ2v) is 6.97. The van der Waals surface area contributed by atoms with Crippen LogP contribution in [0.1, 0.15) is 22.8 Å². The lowest BCUT2D eigenvalue weighted by Crippen LogP contribution is -2.13. The van der Waals surface area contributed by atoms with Crippen molar-refractivity contribution in [3.05, 3.63) is 53.6 Å². The van der Waals surface area contributed by atoms with Crippen LogP contribution in [0.15, 0.2) is 47.4 Å². The van der Waals surface area contributed by atoms with Crippen molar-refractivity contribution >= 4 is 33.1 Å². The van der Waals surface area contributed by atoms with E-state index in [-0.39, 0.29) is 23.0 Å². The summed E-state index contributed by atoms with van der Waals surface area (Å²) in [6, 6.07) is 10.7. The fourth-order valence-electron chi connectivity index (χ4n) is 2.39. The average Bonchev–Trinajstić information content (AvgIpc) is 2.86. The van der Waals surface area contributed by atoms with E-state index in [1.807, 2.05) is 0 Å². The van der Waals surface area contributed by atoms with Crippen LogP contribution in [0.5, 0.6) is 0 Å². The molecular weight excluding hydrogens is 316 g/mol. The van der Waals surface area contributed by atoms with E-state index in [2.05, 4.69) is 10.0 Å². The number of hydrogen-bond donors (Lipinski definition) is 2. The Labute approximate surface area is 133 Å². The van der Waals surface area contributed by atoms with Crippen molar-refractivity contribution in [1.82, 2.24) is 0 Å². The fraction of sp³-hybridized carbons (Fsp3) is 0.125. The Bertz CT molecular complexity index is 919. The Morgan fingerprint density at radius 1 is 1.17 bits per heavy atom. The van der Waals surface area contributed by atoms with E-state index in [0.717, 1.165) is 5.56 Å². The summed E-state index contributed by atoms with van der Waals surface area (Å²) in [7, 11) is -3.81. The number of carbonyl (C=O) groups is 2. The van der Waals surface area contributed by atoms with Crippen molar-refractivity contribution in [2.75, 3.05) is 10.0 Å². The normalized spacial score (nSPS) is 13.3. The number of sulfonamides is 1. The maximum absolute atomic E-state index is 12.4. The molecule has 0 radical (unpaired) electrons. The summed E-state index contributed by atoms with van der Waals surface area (Å²) < 4.78 is 27.3. The van der Waals surface area contributed by atoms with Gasteiger partial charge in [0.15, 0.2) is 5.78 Å². The molecular formula is C16H14N2O4S. The molecule has 118 valence electrons. The molecule has 1 aliphatic rings. The first-order valence-corrected chi connectivity index (χ1v) is 8.40. The van der Waals surface area contributed by atoms with Gasteiger partial charge >= 0.3 is 0 Å². The molecule has 7 heteroatoms. The molecule has 0 saturated carbocycles. The first-order chi connectivity index (χ1) is 10.8. The van der Waals surface area contributed by atoms with Gasteiger partial charge in [-0.15, -0.1) is 0 Å². The lowest BCUT2D eigenvalue weighted by Gasteiger charge is -2.10. The molecule has 0 aromatic heterocycles. The van der Waals surface area contributed by atoms with Gasteiger partial charge in [-0.3, -0.25) is 14.3 Å². The van der Waals surface area contributed by atoms with Crippen LogP contribution in [0.3, 0.4) is 0 Å². The quantitative estimate of drug-likeness (QED) is 0.841. The second kappa shape index (κ2) is 5.51. The van der Waals surface area contributed by atoms with Gasteiger partial charge in [-0.1, -0.05) is 12.1 Å². The largest absolute Gasteiger partial charge is 0.326 e. The van der Waals surface area contributed by atoms with Crippen LogP contribution in [-0.2, 0) is 21.2 Å². The Morgan fingerprint density at radius 3 is 2.70 bits per heavy atom. The molecule has 0 aliphatic carbocycles. The summed E-state index contributed by atoms with van der Waals surface area (Å²) in [6.07, 6.45) is 0.227. The van der Waals surface area contributed by atoms with E-state index in [9.17, 15) is 18.0 Å². The van der Waals surface area contributed by atoms with Crippen molar-refractivity contribution in [1.29, 1.82) is 0 Å². The molecule has 0 atom stereocenters. The van der Waals surface area contributed by atoms with Crippen molar-refractivity contribution in [3.8, 4) is 0 Å². The van der Waals surface area contributed by atoms with Crippen molar-refractivity contribution < 1.29 is 18.0 Å². The number of rotatable bonds is 4. The van der Waals surface area contributed by atoms with E-state index in [1.54, 1.807) is 24.3 Å². The summed E-state index contributed by atoms with van der Waals surface area (Å²) in [6.45, 7) is 1.38. The van der Waals surface area contributed by atoms with Crippen LogP contribution < -0.4 is 10.0 Å². The summed E-state index contributed by atoms with van der Waals surface area (Å²) in [5, 5.41) is 2.69. The van der Waals surface area contributed by atoms with Crippen molar-refractivity contribution in [3.63, 3.8) is 0 Å². The van der Waals surface area contributed by atoms with Crippen LogP contribution in [0, 0.1) is 0 Å². The SMILES string of the molecule is CC(=O)c1cccc(S(=O)(=O)Nc2ccc3c(c2)CC(=O)N3)c1. The van der Waals surface area contributed by atoms with Gasteiger partial charge in [-0.2, -0.15) is 0 Å². The van der Waals surface area contributed by atoms with Crippen LogP contribution in [0.25, 0.3) is 0 Å². The molecule has 2 N–H and O–H groups in total. The topological polar surface area (TPSA) is 92.3 Å². The molecule has 2 aromatic carbocycles. The Kier molecular flexibility index (Phi) is 3.65. The van der Waals surface area contributed by atoms with Gasteiger partial charge in [0.25, 0.3) is 10.0 Å². The summed E-state index contributed by atoms with van der Waals surface area (Å²) >= 11 is 0. The molecule has 23 heavy (non-hydrogen) atoms. The molecule has 0 spiro atoms. The average molecular weight is 330 g/mol. The zero-order chi connectivity index (χ0) is 16.6. The zero-order valence-electron chi connectivity index (χ0n) is 12.3. The number of nitrogens with one attached hydrogen (secondary N) is 2. The standard InChI is InChI=1S/C16H14N2O4S/c1-10(19)11-3-2-4-14(8-11)23(21,22)18-13-5-6-15-12(7-13)9-16(20)17-15/h2-8,18H,9H2,1H3,(H,17,20). The van der Waals surface area contributed by atoms with Gasteiger partial charge in [-0.25, -0.2) is 8.42 Å². The molecule has 1 amide bonds. The Balaban J connectivity index is 1.90. The molecule has 0 saturated heterocycles. The van der Waals surface area contributed by atoms with Crippen molar-refractivity contribution in [2.45, 2.75) is 18.2 Å². The van der Waals surface area contributed by atoms with Gasteiger partial charge in [-0.05, 0) is 42.8 Å². The Morgan fingerprint density at radius 2 is 1.96 bits per heavy atom. The van der Waals surface area contributed by atoms with Crippen LogP contribution in [-0.4, -0.2) is 20.1 Å². The van der Waals surface area contributed by atoms with Crippen LogP contribution in [0.4, 0.5) is 11.4 Å². The highest BCUT2D eigenvalue weighted by Crippen LogP contribution is 2.27. The van der Waals surface area contributed by atoms with Crippen molar-refractivity contribution in [2.24, 2.45) is 0 Å². The highest BCUT2D eigenvalue weighted by molar-refractivity contribution is 7.92. The van der Waals surface area contributed by atoms with E-state index in [1.165, 1.54) is 25.1 Å². The highest BCUT2D eigenvalue weighted by Gasteiger charge is 2.20. The number of anilines is 2. The van der Waals surface area contributed by atoms with E-state index in [0.29, 0.717) is 16.9 Å². The second-order valence-electron chi connectivity index (χ2n) is 5.29. The van der Waals surface area contributed by atoms with Gasteiger partial charge < -0.3 is 5.32 Å². The third kappa shape index (κ3) is 3.09. The highest BCUT2D eigenvalue weighted by atomic mass is 32.2. The summed E-state index contributed by atoms with van der Waals surface area (Å²) in [5.74, 6) is -0.321. The number of amides is 1. The van der Waals surface area contributed by atoms with E-state index >= 15 is 0 Å². The van der Waals surface area contributed by atoms with Crippen LogP contribution >= 0.6 is 0 Å². The maximum Gasteiger partial charge on any atom is 0.261 e. The number of ketones is 1. The minimum absolute atomic E-state index is 0.0138. The predicted molar refractivity (Wildman–Crippen MR) is 86.0 cm³/mol. The molecule has 1 heterocycles. The Hall–Kier alpha value is -2.67. The first kappa shape index (κ1) is 15.2. The van der Waals surface area contributed by atoms with E-state index < -0.39 is 10.0 Å². The van der Waals surface area contributed by atoms with Gasteiger partial charge in [0.1, 0.15) is 0 Å². The third-order valence-corrected chi connectivity index (χ3v) is 4.91. The number of benzene rings is 2. The minimum Gasteiger partial charge on any atom is -0.326 e. The number of hydrogen-bond acceptors (Lipinski definition) is 4. The third-order valence-electron chi connectivity index (χ3n) is 3.53. The lowest BCUT2D eigenvalue weighted by atomic mass is 10.1. The predicted octanol–water partition coefficient (Wildman–Crippen LogP) is 2.18. The lowest BCUT2D eigenvalue weighted by molar-refractivity contribution is -0.115.